The standard InChI is InChI=1S/C16H16F2N2O3S/c1-10-3-5-13(7-11(10)2)24(22,23)19-9-16(21)20-12-4-6-14(17)15(18)8-12/h3-8,19H,9H2,1-2H3,(H,20,21). The number of aryl methyl sites for hydroxylation is 2. The molecule has 0 saturated heterocycles. The monoisotopic (exact) mass is 354 g/mol. The van der Waals surface area contributed by atoms with E-state index >= 15 is 0 Å². The first-order valence-electron chi connectivity index (χ1n) is 7.01. The number of carbonyl (C=O) groups is 1. The molecule has 2 aromatic rings. The van der Waals surface area contributed by atoms with Crippen LogP contribution in [0.25, 0.3) is 0 Å². The zero-order valence-electron chi connectivity index (χ0n) is 13.1. The van der Waals surface area contributed by atoms with Crippen LogP contribution in [0.4, 0.5) is 14.5 Å². The van der Waals surface area contributed by atoms with Gasteiger partial charge in [0.05, 0.1) is 11.4 Å². The number of benzene rings is 2. The number of carbonyl (C=O) groups excluding carboxylic acids is 1. The van der Waals surface area contributed by atoms with Crippen LogP contribution in [0.3, 0.4) is 0 Å². The molecule has 8 heteroatoms. The minimum atomic E-state index is -3.85. The second kappa shape index (κ2) is 7.06. The van der Waals surface area contributed by atoms with E-state index in [9.17, 15) is 22.0 Å². The molecule has 128 valence electrons. The molecule has 1 amide bonds. The molecule has 0 aliphatic rings. The van der Waals surface area contributed by atoms with Crippen molar-refractivity contribution in [1.29, 1.82) is 0 Å². The Kier molecular flexibility index (Phi) is 5.30. The van der Waals surface area contributed by atoms with E-state index in [4.69, 9.17) is 0 Å². The van der Waals surface area contributed by atoms with Gasteiger partial charge < -0.3 is 5.32 Å². The summed E-state index contributed by atoms with van der Waals surface area (Å²) in [6.45, 7) is 3.10. The maximum absolute atomic E-state index is 13.1. The van der Waals surface area contributed by atoms with Gasteiger partial charge in [0.2, 0.25) is 15.9 Å². The summed E-state index contributed by atoms with van der Waals surface area (Å²) in [6.07, 6.45) is 0. The number of halogens is 2. The predicted octanol–water partition coefficient (Wildman–Crippen LogP) is 2.50. The Morgan fingerprint density at radius 1 is 1.00 bits per heavy atom. The maximum Gasteiger partial charge on any atom is 0.241 e. The van der Waals surface area contributed by atoms with E-state index in [1.165, 1.54) is 18.2 Å². The normalized spacial score (nSPS) is 11.3. The fourth-order valence-corrected chi connectivity index (χ4v) is 2.97. The summed E-state index contributed by atoms with van der Waals surface area (Å²) in [7, 11) is -3.85. The third-order valence-corrected chi connectivity index (χ3v) is 4.81. The third kappa shape index (κ3) is 4.36. The number of anilines is 1. The van der Waals surface area contributed by atoms with Gasteiger partial charge in [-0.05, 0) is 49.2 Å². The Labute approximate surface area is 138 Å². The summed E-state index contributed by atoms with van der Waals surface area (Å²) < 4.78 is 52.3. The van der Waals surface area contributed by atoms with Crippen LogP contribution in [0.2, 0.25) is 0 Å². The van der Waals surface area contributed by atoms with Gasteiger partial charge >= 0.3 is 0 Å². The lowest BCUT2D eigenvalue weighted by Gasteiger charge is -2.09. The maximum atomic E-state index is 13.1. The van der Waals surface area contributed by atoms with Gasteiger partial charge in [0.25, 0.3) is 0 Å². The Morgan fingerprint density at radius 2 is 1.71 bits per heavy atom. The van der Waals surface area contributed by atoms with Gasteiger partial charge in [0.1, 0.15) is 0 Å². The second-order valence-corrected chi connectivity index (χ2v) is 7.01. The quantitative estimate of drug-likeness (QED) is 0.866. The van der Waals surface area contributed by atoms with Gasteiger partial charge in [0.15, 0.2) is 11.6 Å². The summed E-state index contributed by atoms with van der Waals surface area (Å²) in [6, 6.07) is 7.47. The molecule has 0 heterocycles. The van der Waals surface area contributed by atoms with Crippen LogP contribution < -0.4 is 10.0 Å². The number of amides is 1. The van der Waals surface area contributed by atoms with Gasteiger partial charge in [-0.2, -0.15) is 0 Å². The topological polar surface area (TPSA) is 75.3 Å². The molecule has 0 unspecified atom stereocenters. The van der Waals surface area contributed by atoms with Gasteiger partial charge in [-0.1, -0.05) is 6.07 Å². The lowest BCUT2D eigenvalue weighted by Crippen LogP contribution is -2.33. The molecule has 2 N–H and O–H groups in total. The van der Waals surface area contributed by atoms with Gasteiger partial charge in [-0.25, -0.2) is 21.9 Å². The molecule has 0 atom stereocenters. The van der Waals surface area contributed by atoms with Gasteiger partial charge in [-0.3, -0.25) is 4.79 Å². The van der Waals surface area contributed by atoms with Crippen molar-refractivity contribution >= 4 is 21.6 Å². The molecule has 2 aromatic carbocycles. The summed E-state index contributed by atoms with van der Waals surface area (Å²) in [5, 5.41) is 2.28. The van der Waals surface area contributed by atoms with Crippen molar-refractivity contribution in [2.75, 3.05) is 11.9 Å². The Bertz CT molecular complexity index is 883. The molecular formula is C16H16F2N2O3S. The number of rotatable bonds is 5. The predicted molar refractivity (Wildman–Crippen MR) is 86.1 cm³/mol. The molecule has 0 spiro atoms. The summed E-state index contributed by atoms with van der Waals surface area (Å²) >= 11 is 0. The summed E-state index contributed by atoms with van der Waals surface area (Å²) in [5.41, 5.74) is 1.79. The highest BCUT2D eigenvalue weighted by atomic mass is 32.2. The van der Waals surface area contributed by atoms with Crippen molar-refractivity contribution in [3.8, 4) is 0 Å². The van der Waals surface area contributed by atoms with Crippen LogP contribution in [-0.2, 0) is 14.8 Å². The van der Waals surface area contributed by atoms with Crippen molar-refractivity contribution in [2.45, 2.75) is 18.7 Å². The summed E-state index contributed by atoms with van der Waals surface area (Å²) in [5.74, 6) is -2.85. The molecule has 0 saturated carbocycles. The Balaban J connectivity index is 2.01. The minimum Gasteiger partial charge on any atom is -0.325 e. The highest BCUT2D eigenvalue weighted by Crippen LogP contribution is 2.15. The molecule has 0 aromatic heterocycles. The highest BCUT2D eigenvalue weighted by Gasteiger charge is 2.16. The first kappa shape index (κ1) is 18.0. The zero-order valence-corrected chi connectivity index (χ0v) is 13.9. The van der Waals surface area contributed by atoms with E-state index in [-0.39, 0.29) is 10.6 Å². The largest absolute Gasteiger partial charge is 0.325 e. The van der Waals surface area contributed by atoms with E-state index in [0.717, 1.165) is 23.3 Å². The Hall–Kier alpha value is -2.32. The van der Waals surface area contributed by atoms with Crippen molar-refractivity contribution in [3.63, 3.8) is 0 Å². The van der Waals surface area contributed by atoms with Crippen LogP contribution in [0.1, 0.15) is 11.1 Å². The van der Waals surface area contributed by atoms with Crippen LogP contribution in [0, 0.1) is 25.5 Å². The van der Waals surface area contributed by atoms with Crippen molar-refractivity contribution < 1.29 is 22.0 Å². The van der Waals surface area contributed by atoms with Gasteiger partial charge in [0, 0.05) is 11.8 Å². The smallest absolute Gasteiger partial charge is 0.241 e. The number of hydrogen-bond donors (Lipinski definition) is 2. The molecule has 0 radical (unpaired) electrons. The van der Waals surface area contributed by atoms with E-state index in [1.807, 2.05) is 6.92 Å². The first-order valence-corrected chi connectivity index (χ1v) is 8.49. The third-order valence-electron chi connectivity index (χ3n) is 3.41. The summed E-state index contributed by atoms with van der Waals surface area (Å²) in [4.78, 5) is 11.8. The fourth-order valence-electron chi connectivity index (χ4n) is 1.90. The van der Waals surface area contributed by atoms with Crippen LogP contribution in [-0.4, -0.2) is 20.9 Å². The van der Waals surface area contributed by atoms with E-state index in [2.05, 4.69) is 10.0 Å². The molecule has 2 rings (SSSR count). The van der Waals surface area contributed by atoms with Crippen molar-refractivity contribution in [3.05, 3.63) is 59.2 Å². The lowest BCUT2D eigenvalue weighted by atomic mass is 10.1. The highest BCUT2D eigenvalue weighted by molar-refractivity contribution is 7.89. The molecular weight excluding hydrogens is 338 g/mol. The van der Waals surface area contributed by atoms with E-state index in [0.29, 0.717) is 0 Å². The number of nitrogens with one attached hydrogen (secondary N) is 2. The molecule has 5 nitrogen and oxygen atoms in total. The SMILES string of the molecule is Cc1ccc(S(=O)(=O)NCC(=O)Nc2ccc(F)c(F)c2)cc1C. The molecule has 0 bridgehead atoms. The molecule has 0 aliphatic carbocycles. The van der Waals surface area contributed by atoms with E-state index < -0.39 is 34.1 Å². The van der Waals surface area contributed by atoms with Crippen LogP contribution >= 0.6 is 0 Å². The first-order chi connectivity index (χ1) is 11.2. The van der Waals surface area contributed by atoms with Crippen LogP contribution in [0.15, 0.2) is 41.3 Å². The number of hydrogen-bond acceptors (Lipinski definition) is 3. The molecule has 0 fully saturated rings. The molecule has 24 heavy (non-hydrogen) atoms. The number of sulfonamides is 1. The Morgan fingerprint density at radius 3 is 2.33 bits per heavy atom. The molecule has 0 aliphatic heterocycles. The fraction of sp³-hybridized carbons (Fsp3) is 0.188. The van der Waals surface area contributed by atoms with Crippen LogP contribution in [0.5, 0.6) is 0 Å². The lowest BCUT2D eigenvalue weighted by molar-refractivity contribution is -0.115. The van der Waals surface area contributed by atoms with Crippen molar-refractivity contribution in [1.82, 2.24) is 4.72 Å². The second-order valence-electron chi connectivity index (χ2n) is 5.25. The van der Waals surface area contributed by atoms with Crippen molar-refractivity contribution in [2.24, 2.45) is 0 Å². The van der Waals surface area contributed by atoms with Gasteiger partial charge in [-0.15, -0.1) is 0 Å². The zero-order chi connectivity index (χ0) is 17.9. The average molecular weight is 354 g/mol. The average Bonchev–Trinajstić information content (AvgIpc) is 2.52. The minimum absolute atomic E-state index is 0.0317. The van der Waals surface area contributed by atoms with E-state index in [1.54, 1.807) is 13.0 Å².